The van der Waals surface area contributed by atoms with Crippen molar-refractivity contribution in [1.29, 1.82) is 0 Å². The van der Waals surface area contributed by atoms with Crippen molar-refractivity contribution in [3.63, 3.8) is 0 Å². The molecule has 0 saturated carbocycles. The van der Waals surface area contributed by atoms with Crippen molar-refractivity contribution in [2.45, 2.75) is 38.5 Å². The van der Waals surface area contributed by atoms with E-state index in [4.69, 9.17) is 5.73 Å². The predicted octanol–water partition coefficient (Wildman–Crippen LogP) is 3.38. The normalized spacial score (nSPS) is 16.9. The van der Waals surface area contributed by atoms with E-state index < -0.39 is 12.2 Å². The highest BCUT2D eigenvalue weighted by molar-refractivity contribution is 6.10. The van der Waals surface area contributed by atoms with E-state index in [1.54, 1.807) is 6.20 Å². The number of hydrogen-bond acceptors (Lipinski definition) is 4. The highest BCUT2D eigenvalue weighted by Gasteiger charge is 2.46. The Morgan fingerprint density at radius 1 is 1.25 bits per heavy atom. The predicted molar refractivity (Wildman–Crippen MR) is 96.6 cm³/mol. The minimum Gasteiger partial charge on any atom is -0.395 e. The molecule has 0 saturated heterocycles. The molecular weight excluding hydrogens is 368 g/mol. The topological polar surface area (TPSA) is 79.4 Å². The molecule has 1 aliphatic carbocycles. The van der Waals surface area contributed by atoms with E-state index in [-0.39, 0.29) is 17.1 Å². The summed E-state index contributed by atoms with van der Waals surface area (Å²) in [6.45, 7) is 0.406. The summed E-state index contributed by atoms with van der Waals surface area (Å²) in [7, 11) is 0. The lowest BCUT2D eigenvalue weighted by Gasteiger charge is -2.16. The standard InChI is InChI=1S/C20H17F2N3O3/c21-20(22)27-15-9-13-12-6-1-2-7-14(12)25(10-11-5-3-4-8-24-11)17(13)16(19(23)26)18(15)28-20/h3-5,8-9H,1-2,6-7,10H2,(H2,23,26). The Hall–Kier alpha value is -3.16. The van der Waals surface area contributed by atoms with Crippen LogP contribution in [0.1, 0.15) is 40.2 Å². The number of alkyl halides is 2. The summed E-state index contributed by atoms with van der Waals surface area (Å²) >= 11 is 0. The zero-order valence-electron chi connectivity index (χ0n) is 14.9. The summed E-state index contributed by atoms with van der Waals surface area (Å²) in [5, 5.41) is 0.708. The van der Waals surface area contributed by atoms with E-state index in [2.05, 4.69) is 14.5 Å². The van der Waals surface area contributed by atoms with E-state index in [0.29, 0.717) is 17.4 Å². The van der Waals surface area contributed by atoms with Crippen molar-refractivity contribution >= 4 is 16.8 Å². The Labute approximate surface area is 158 Å². The quantitative estimate of drug-likeness (QED) is 0.750. The van der Waals surface area contributed by atoms with Gasteiger partial charge in [0, 0.05) is 17.3 Å². The Morgan fingerprint density at radius 3 is 2.82 bits per heavy atom. The minimum atomic E-state index is -3.82. The van der Waals surface area contributed by atoms with Gasteiger partial charge in [-0.25, -0.2) is 0 Å². The maximum Gasteiger partial charge on any atom is 0.586 e. The van der Waals surface area contributed by atoms with Crippen molar-refractivity contribution in [2.24, 2.45) is 5.73 Å². The van der Waals surface area contributed by atoms with Gasteiger partial charge >= 0.3 is 6.29 Å². The number of pyridine rings is 1. The van der Waals surface area contributed by atoms with Crippen molar-refractivity contribution in [2.75, 3.05) is 0 Å². The van der Waals surface area contributed by atoms with Crippen LogP contribution in [0.5, 0.6) is 11.5 Å². The molecule has 3 aromatic rings. The molecule has 0 radical (unpaired) electrons. The maximum absolute atomic E-state index is 13.7. The Morgan fingerprint density at radius 2 is 2.07 bits per heavy atom. The van der Waals surface area contributed by atoms with E-state index in [0.717, 1.165) is 42.6 Å². The number of hydrogen-bond donors (Lipinski definition) is 1. The third kappa shape index (κ3) is 2.51. The third-order valence-electron chi connectivity index (χ3n) is 5.32. The third-order valence-corrected chi connectivity index (χ3v) is 5.32. The van der Waals surface area contributed by atoms with Gasteiger partial charge in [0.15, 0.2) is 11.5 Å². The summed E-state index contributed by atoms with van der Waals surface area (Å²) in [6, 6.07) is 7.12. The molecule has 3 heterocycles. The summed E-state index contributed by atoms with van der Waals surface area (Å²) in [4.78, 5) is 16.7. The number of nitrogens with two attached hydrogens (primary N) is 1. The molecule has 1 aliphatic heterocycles. The van der Waals surface area contributed by atoms with Crippen molar-refractivity contribution in [1.82, 2.24) is 9.55 Å². The van der Waals surface area contributed by atoms with Gasteiger partial charge < -0.3 is 19.8 Å². The fourth-order valence-electron chi connectivity index (χ4n) is 4.25. The molecule has 6 nitrogen and oxygen atoms in total. The van der Waals surface area contributed by atoms with Crippen LogP contribution in [0.25, 0.3) is 10.9 Å². The van der Waals surface area contributed by atoms with Crippen molar-refractivity contribution < 1.29 is 23.0 Å². The first-order valence-corrected chi connectivity index (χ1v) is 9.11. The number of carbonyl (C=O) groups is 1. The van der Waals surface area contributed by atoms with Crippen LogP contribution < -0.4 is 15.2 Å². The van der Waals surface area contributed by atoms with Gasteiger partial charge in [-0.15, -0.1) is 8.78 Å². The summed E-state index contributed by atoms with van der Waals surface area (Å²) in [5.41, 5.74) is 8.96. The first kappa shape index (κ1) is 17.0. The lowest BCUT2D eigenvalue weighted by Crippen LogP contribution is -2.26. The smallest absolute Gasteiger partial charge is 0.395 e. The molecule has 1 aromatic carbocycles. The van der Waals surface area contributed by atoms with Gasteiger partial charge in [-0.3, -0.25) is 9.78 Å². The molecule has 1 amide bonds. The number of amides is 1. The average Bonchev–Trinajstić information content (AvgIpc) is 3.14. The lowest BCUT2D eigenvalue weighted by molar-refractivity contribution is -0.286. The summed E-state index contributed by atoms with van der Waals surface area (Å²) in [6.07, 6.45) is 1.51. The van der Waals surface area contributed by atoms with E-state index >= 15 is 0 Å². The zero-order valence-corrected chi connectivity index (χ0v) is 14.9. The molecule has 144 valence electrons. The molecule has 0 unspecified atom stereocenters. The van der Waals surface area contributed by atoms with Crippen LogP contribution in [-0.2, 0) is 19.4 Å². The Kier molecular flexibility index (Phi) is 3.59. The number of nitrogens with zero attached hydrogens (tertiary/aromatic N) is 2. The monoisotopic (exact) mass is 385 g/mol. The maximum atomic E-state index is 13.7. The second-order valence-electron chi connectivity index (χ2n) is 7.05. The molecule has 2 aliphatic rings. The number of ether oxygens (including phenoxy) is 2. The second-order valence-corrected chi connectivity index (χ2v) is 7.05. The number of primary amides is 1. The van der Waals surface area contributed by atoms with Gasteiger partial charge in [0.2, 0.25) is 0 Å². The van der Waals surface area contributed by atoms with Gasteiger partial charge in [0.25, 0.3) is 5.91 Å². The van der Waals surface area contributed by atoms with Gasteiger partial charge in [-0.1, -0.05) is 6.07 Å². The number of carbonyl (C=O) groups excluding carboxylic acids is 1. The average molecular weight is 385 g/mol. The number of aryl methyl sites for hydroxylation is 1. The zero-order chi connectivity index (χ0) is 19.5. The van der Waals surface area contributed by atoms with Gasteiger partial charge in [-0.05, 0) is 49.4 Å². The fourth-order valence-corrected chi connectivity index (χ4v) is 4.25. The van der Waals surface area contributed by atoms with Crippen LogP contribution in [0.15, 0.2) is 30.5 Å². The molecule has 0 bridgehead atoms. The van der Waals surface area contributed by atoms with Crippen LogP contribution in [0, 0.1) is 0 Å². The van der Waals surface area contributed by atoms with Crippen LogP contribution in [-0.4, -0.2) is 21.8 Å². The van der Waals surface area contributed by atoms with Gasteiger partial charge in [0.1, 0.15) is 5.56 Å². The molecule has 0 spiro atoms. The molecule has 0 fully saturated rings. The molecule has 8 heteroatoms. The van der Waals surface area contributed by atoms with Gasteiger partial charge in [0.05, 0.1) is 17.8 Å². The largest absolute Gasteiger partial charge is 0.586 e. The van der Waals surface area contributed by atoms with Gasteiger partial charge in [-0.2, -0.15) is 0 Å². The van der Waals surface area contributed by atoms with E-state index in [9.17, 15) is 13.6 Å². The fraction of sp³-hybridized carbons (Fsp3) is 0.300. The highest BCUT2D eigenvalue weighted by atomic mass is 19.3. The Bertz CT molecular complexity index is 1110. The van der Waals surface area contributed by atoms with Crippen LogP contribution >= 0.6 is 0 Å². The highest BCUT2D eigenvalue weighted by Crippen LogP contribution is 2.48. The van der Waals surface area contributed by atoms with Crippen molar-refractivity contribution in [3.05, 3.63) is 53.0 Å². The van der Waals surface area contributed by atoms with Crippen LogP contribution in [0.3, 0.4) is 0 Å². The molecule has 0 atom stereocenters. The molecule has 5 rings (SSSR count). The minimum absolute atomic E-state index is 0.0741. The first-order valence-electron chi connectivity index (χ1n) is 9.11. The number of fused-ring (bicyclic) bond motifs is 4. The summed E-state index contributed by atoms with van der Waals surface area (Å²) < 4.78 is 38.7. The van der Waals surface area contributed by atoms with E-state index in [1.165, 1.54) is 6.07 Å². The molecule has 2 aromatic heterocycles. The lowest BCUT2D eigenvalue weighted by atomic mass is 9.95. The van der Waals surface area contributed by atoms with Crippen LogP contribution in [0.2, 0.25) is 0 Å². The molecular formula is C20H17F2N3O3. The first-order chi connectivity index (χ1) is 13.4. The number of aromatic nitrogens is 2. The van der Waals surface area contributed by atoms with E-state index in [1.807, 2.05) is 22.8 Å². The number of rotatable bonds is 3. The van der Waals surface area contributed by atoms with Crippen LogP contribution in [0.4, 0.5) is 8.78 Å². The molecule has 28 heavy (non-hydrogen) atoms. The second kappa shape index (κ2) is 5.92. The van der Waals surface area contributed by atoms with Crippen molar-refractivity contribution in [3.8, 4) is 11.5 Å². The Balaban J connectivity index is 1.82. The summed E-state index contributed by atoms with van der Waals surface area (Å²) in [5.74, 6) is -1.29. The number of benzene rings is 1. The SMILES string of the molecule is NC(=O)c1c2c(cc3c4c(n(Cc5ccccn5)c13)CCCC4)OC(F)(F)O2. The number of halogens is 2. The molecule has 2 N–H and O–H groups in total.